The van der Waals surface area contributed by atoms with Gasteiger partial charge in [0.15, 0.2) is 12.7 Å². The lowest BCUT2D eigenvalue weighted by Gasteiger charge is -2.16. The molecule has 0 radical (unpaired) electrons. The lowest BCUT2D eigenvalue weighted by molar-refractivity contribution is -0.662. The summed E-state index contributed by atoms with van der Waals surface area (Å²) in [6, 6.07) is 19.1. The van der Waals surface area contributed by atoms with Crippen LogP contribution in [0.15, 0.2) is 95.0 Å². The van der Waals surface area contributed by atoms with Crippen molar-refractivity contribution in [2.24, 2.45) is 0 Å². The monoisotopic (exact) mass is 701 g/mol. The summed E-state index contributed by atoms with van der Waals surface area (Å²) in [6.45, 7) is 1.73. The zero-order chi connectivity index (χ0) is 34.1. The molecule has 1 saturated heterocycles. The zero-order valence-electron chi connectivity index (χ0n) is 26.1. The van der Waals surface area contributed by atoms with E-state index in [0.29, 0.717) is 17.2 Å². The standard InChI is InChI=1S/C34H28N5O8S.ClH/c1-21(34(42)47-37-31(40)14-15-32(37)41)25-12-10-22(18-29(25)39(45)46)20-36-17-16-23(26-7-3-4-8-27(26)36)6-5-9-33-35(2)28-13-11-24(38(43)44)19-30(28)48-33;/h3-13,16-19,21H,14-15,20H2,1-2H3;1H/q+1;/p-1. The largest absolute Gasteiger partial charge is 1.00 e. The Labute approximate surface area is 290 Å². The number of halogens is 1. The molecule has 1 atom stereocenters. The fraction of sp³-hybridized carbons (Fsp3) is 0.176. The molecule has 2 aliphatic heterocycles. The number of nitrogens with zero attached hydrogens (tertiary/aromatic N) is 5. The van der Waals surface area contributed by atoms with Crippen LogP contribution < -0.4 is 21.9 Å². The van der Waals surface area contributed by atoms with E-state index in [1.54, 1.807) is 18.2 Å². The van der Waals surface area contributed by atoms with Gasteiger partial charge in [0, 0.05) is 66.2 Å². The molecule has 3 aromatic carbocycles. The van der Waals surface area contributed by atoms with Gasteiger partial charge in [0.05, 0.1) is 31.9 Å². The second-order valence-electron chi connectivity index (χ2n) is 11.2. The topological polar surface area (TPSA) is 157 Å². The van der Waals surface area contributed by atoms with Crippen molar-refractivity contribution in [1.82, 2.24) is 5.06 Å². The first-order valence-electron chi connectivity index (χ1n) is 14.9. The van der Waals surface area contributed by atoms with Gasteiger partial charge < -0.3 is 22.1 Å². The quantitative estimate of drug-likeness (QED) is 0.110. The Bertz CT molecular complexity index is 2090. The molecule has 49 heavy (non-hydrogen) atoms. The van der Waals surface area contributed by atoms with Crippen molar-refractivity contribution < 1.29 is 46.0 Å². The third kappa shape index (κ3) is 7.00. The highest BCUT2D eigenvalue weighted by Crippen LogP contribution is 2.46. The normalized spacial score (nSPS) is 15.5. The average Bonchev–Trinajstić information content (AvgIpc) is 3.57. The molecule has 0 aliphatic carbocycles. The maximum Gasteiger partial charge on any atom is 0.340 e. The Hall–Kier alpha value is -5.60. The molecule has 4 aromatic rings. The predicted molar refractivity (Wildman–Crippen MR) is 176 cm³/mol. The number of anilines is 1. The van der Waals surface area contributed by atoms with Crippen molar-refractivity contribution in [3.05, 3.63) is 127 Å². The van der Waals surface area contributed by atoms with Crippen LogP contribution in [0.2, 0.25) is 0 Å². The van der Waals surface area contributed by atoms with Crippen LogP contribution in [0.5, 0.6) is 0 Å². The number of non-ortho nitro benzene ring substituents is 1. The first-order valence-corrected chi connectivity index (χ1v) is 15.7. The molecule has 0 N–H and O–H groups in total. The molecule has 3 heterocycles. The Morgan fingerprint density at radius 3 is 2.47 bits per heavy atom. The fourth-order valence-electron chi connectivity index (χ4n) is 5.61. The number of hydroxylamine groups is 2. The number of nitro benzene ring substituents is 2. The van der Waals surface area contributed by atoms with Crippen LogP contribution in [-0.2, 0) is 25.8 Å². The van der Waals surface area contributed by atoms with Gasteiger partial charge in [-0.1, -0.05) is 48.2 Å². The van der Waals surface area contributed by atoms with Crippen LogP contribution in [-0.4, -0.2) is 39.7 Å². The number of para-hydroxylation sites is 1. The van der Waals surface area contributed by atoms with E-state index in [4.69, 9.17) is 4.84 Å². The van der Waals surface area contributed by atoms with E-state index in [1.165, 1.54) is 36.9 Å². The van der Waals surface area contributed by atoms with Crippen LogP contribution >= 0.6 is 11.8 Å². The van der Waals surface area contributed by atoms with E-state index in [2.05, 4.69) is 0 Å². The SMILES string of the molecule is CC(C(=O)ON1C(=O)CCC1=O)c1ccc(C[n+]2ccc(/C=C/C=C3\Sc4cc([N+](=O)[O-])ccc4N3C)c3ccccc32)cc1[N+](=O)[O-].[Cl-]. The van der Waals surface area contributed by atoms with Crippen molar-refractivity contribution in [3.8, 4) is 0 Å². The highest BCUT2D eigenvalue weighted by atomic mass is 35.5. The Morgan fingerprint density at radius 1 is 1.02 bits per heavy atom. The van der Waals surface area contributed by atoms with Crippen molar-refractivity contribution >= 4 is 63.6 Å². The molecule has 250 valence electrons. The molecule has 2 aliphatic rings. The molecule has 2 amide bonds. The summed E-state index contributed by atoms with van der Waals surface area (Å²) >= 11 is 1.46. The number of hydrogen-bond acceptors (Lipinski definition) is 10. The van der Waals surface area contributed by atoms with E-state index in [9.17, 15) is 34.6 Å². The first-order chi connectivity index (χ1) is 23.0. The van der Waals surface area contributed by atoms with Crippen LogP contribution in [0.1, 0.15) is 42.4 Å². The summed E-state index contributed by atoms with van der Waals surface area (Å²) in [5.74, 6) is -3.31. The van der Waals surface area contributed by atoms with E-state index < -0.39 is 33.5 Å². The number of nitro groups is 2. The van der Waals surface area contributed by atoms with Gasteiger partial charge in [-0.3, -0.25) is 29.8 Å². The summed E-state index contributed by atoms with van der Waals surface area (Å²) in [7, 11) is 1.91. The van der Waals surface area contributed by atoms with Gasteiger partial charge in [0.25, 0.3) is 23.2 Å². The van der Waals surface area contributed by atoms with Crippen LogP contribution in [0.3, 0.4) is 0 Å². The number of carbonyl (C=O) groups is 3. The number of fused-ring (bicyclic) bond motifs is 2. The number of thioether (sulfide) groups is 1. The molecule has 15 heteroatoms. The van der Waals surface area contributed by atoms with Gasteiger partial charge in [0.2, 0.25) is 5.52 Å². The van der Waals surface area contributed by atoms with E-state index in [1.807, 2.05) is 71.3 Å². The zero-order valence-corrected chi connectivity index (χ0v) is 27.7. The number of rotatable bonds is 9. The number of pyridine rings is 1. The molecule has 1 fully saturated rings. The number of imide groups is 1. The minimum Gasteiger partial charge on any atom is -1.00 e. The molecule has 0 saturated carbocycles. The minimum atomic E-state index is -1.11. The third-order valence-corrected chi connectivity index (χ3v) is 9.35. The van der Waals surface area contributed by atoms with Crippen LogP contribution in [0.25, 0.3) is 17.0 Å². The number of benzene rings is 3. The number of hydrogen-bond donors (Lipinski definition) is 0. The molecule has 0 spiro atoms. The number of amides is 2. The Balaban J connectivity index is 0.00000468. The molecular formula is C34H28ClN5O8S. The van der Waals surface area contributed by atoms with E-state index in [0.717, 1.165) is 32.1 Å². The lowest BCUT2D eigenvalue weighted by atomic mass is 9.97. The highest BCUT2D eigenvalue weighted by Gasteiger charge is 2.36. The second-order valence-corrected chi connectivity index (χ2v) is 12.3. The van der Waals surface area contributed by atoms with Crippen LogP contribution in [0.4, 0.5) is 17.1 Å². The summed E-state index contributed by atoms with van der Waals surface area (Å²) < 4.78 is 1.97. The third-order valence-electron chi connectivity index (χ3n) is 8.19. The minimum absolute atomic E-state index is 0. The second kappa shape index (κ2) is 14.3. The molecule has 13 nitrogen and oxygen atoms in total. The summed E-state index contributed by atoms with van der Waals surface area (Å²) in [5, 5.41) is 25.6. The first kappa shape index (κ1) is 34.7. The van der Waals surface area contributed by atoms with Gasteiger partial charge in [-0.05, 0) is 30.7 Å². The fourth-order valence-corrected chi connectivity index (χ4v) is 6.71. The van der Waals surface area contributed by atoms with Gasteiger partial charge >= 0.3 is 5.97 Å². The molecule has 1 unspecified atom stereocenters. The number of aromatic nitrogens is 1. The van der Waals surface area contributed by atoms with Crippen LogP contribution in [0, 0.1) is 20.2 Å². The van der Waals surface area contributed by atoms with E-state index >= 15 is 0 Å². The predicted octanol–water partition coefficient (Wildman–Crippen LogP) is 2.80. The number of allylic oxidation sites excluding steroid dienone is 2. The smallest absolute Gasteiger partial charge is 0.340 e. The van der Waals surface area contributed by atoms with Crippen molar-refractivity contribution in [1.29, 1.82) is 0 Å². The summed E-state index contributed by atoms with van der Waals surface area (Å²) in [4.78, 5) is 66.5. The van der Waals surface area contributed by atoms with Gasteiger partial charge in [-0.25, -0.2) is 4.79 Å². The molecule has 6 rings (SSSR count). The van der Waals surface area contributed by atoms with Crippen molar-refractivity contribution in [2.45, 2.75) is 37.1 Å². The highest BCUT2D eigenvalue weighted by molar-refractivity contribution is 8.03. The van der Waals surface area contributed by atoms with Gasteiger partial charge in [-0.2, -0.15) is 4.57 Å². The maximum absolute atomic E-state index is 12.7. The molecule has 1 aromatic heterocycles. The average molecular weight is 702 g/mol. The molecular weight excluding hydrogens is 674 g/mol. The Kier molecular flexibility index (Phi) is 10.1. The lowest BCUT2D eigenvalue weighted by Crippen LogP contribution is -3.00. The van der Waals surface area contributed by atoms with Gasteiger partial charge in [-0.15, -0.1) is 5.06 Å². The number of carbonyl (C=O) groups excluding carboxylic acids is 3. The summed E-state index contributed by atoms with van der Waals surface area (Å²) in [5.41, 5.74) is 3.23. The summed E-state index contributed by atoms with van der Waals surface area (Å²) in [6.07, 6.45) is 7.63. The maximum atomic E-state index is 12.7. The van der Waals surface area contributed by atoms with E-state index in [-0.39, 0.29) is 42.2 Å². The molecule has 0 bridgehead atoms. The van der Waals surface area contributed by atoms with Crippen molar-refractivity contribution in [3.63, 3.8) is 0 Å². The van der Waals surface area contributed by atoms with Gasteiger partial charge in [0.1, 0.15) is 0 Å². The van der Waals surface area contributed by atoms with Crippen molar-refractivity contribution in [2.75, 3.05) is 11.9 Å². The Morgan fingerprint density at radius 2 is 1.76 bits per heavy atom.